The van der Waals surface area contributed by atoms with Crippen LogP contribution < -0.4 is 24.8 Å². The summed E-state index contributed by atoms with van der Waals surface area (Å²) in [6.45, 7) is 6.12. The highest BCUT2D eigenvalue weighted by atomic mass is 35.5. The van der Waals surface area contributed by atoms with Gasteiger partial charge in [0.2, 0.25) is 5.95 Å². The second kappa shape index (κ2) is 10.8. The van der Waals surface area contributed by atoms with E-state index in [1.54, 1.807) is 14.0 Å². The lowest BCUT2D eigenvalue weighted by Gasteiger charge is -2.14. The maximum absolute atomic E-state index is 11.8. The van der Waals surface area contributed by atoms with Gasteiger partial charge in [0.15, 0.2) is 5.82 Å². The van der Waals surface area contributed by atoms with E-state index in [0.717, 1.165) is 28.1 Å². The van der Waals surface area contributed by atoms with Crippen LogP contribution in [0.5, 0.6) is 5.75 Å². The molecule has 0 atom stereocenters. The third kappa shape index (κ3) is 6.78. The number of nitrogens with one attached hydrogen (secondary N) is 4. The third-order valence-corrected chi connectivity index (χ3v) is 6.12. The van der Waals surface area contributed by atoms with Gasteiger partial charge in [-0.2, -0.15) is 18.1 Å². The number of aryl methyl sites for hydroxylation is 2. The van der Waals surface area contributed by atoms with Crippen molar-refractivity contribution in [1.82, 2.24) is 19.4 Å². The van der Waals surface area contributed by atoms with E-state index in [9.17, 15) is 8.42 Å². The SMILES string of the molecule is CCNS(=O)(=O)NCc1cccc(Nc2nc(Nc3cc(C)c(OC)c(C)c3)ncc2Cl)c1. The zero-order valence-electron chi connectivity index (χ0n) is 18.9. The van der Waals surface area contributed by atoms with Crippen LogP contribution in [0, 0.1) is 13.8 Å². The molecule has 1 heterocycles. The fraction of sp³-hybridized carbons (Fsp3) is 0.273. The highest BCUT2D eigenvalue weighted by molar-refractivity contribution is 7.87. The Kier molecular flexibility index (Phi) is 8.09. The van der Waals surface area contributed by atoms with Gasteiger partial charge >= 0.3 is 0 Å². The number of hydrogen-bond acceptors (Lipinski definition) is 7. The van der Waals surface area contributed by atoms with Gasteiger partial charge in [0, 0.05) is 24.5 Å². The monoisotopic (exact) mass is 490 g/mol. The Morgan fingerprint density at radius 2 is 1.76 bits per heavy atom. The van der Waals surface area contributed by atoms with Crippen molar-refractivity contribution in [1.29, 1.82) is 0 Å². The zero-order chi connectivity index (χ0) is 24.0. The fourth-order valence-corrected chi connectivity index (χ4v) is 4.28. The Hall–Kier alpha value is -2.92. The third-order valence-electron chi connectivity index (χ3n) is 4.66. The molecule has 0 aliphatic carbocycles. The van der Waals surface area contributed by atoms with Gasteiger partial charge in [-0.25, -0.2) is 9.71 Å². The lowest BCUT2D eigenvalue weighted by molar-refractivity contribution is 0.408. The molecule has 4 N–H and O–H groups in total. The quantitative estimate of drug-likeness (QED) is 0.336. The molecular weight excluding hydrogens is 464 g/mol. The van der Waals surface area contributed by atoms with Gasteiger partial charge in [0.25, 0.3) is 10.2 Å². The number of aromatic nitrogens is 2. The van der Waals surface area contributed by atoms with Crippen LogP contribution in [0.25, 0.3) is 0 Å². The number of methoxy groups -OCH3 is 1. The molecule has 0 aliphatic rings. The van der Waals surface area contributed by atoms with E-state index in [4.69, 9.17) is 16.3 Å². The first kappa shape index (κ1) is 24.7. The van der Waals surface area contributed by atoms with E-state index < -0.39 is 10.2 Å². The van der Waals surface area contributed by atoms with Gasteiger partial charge in [0.1, 0.15) is 10.8 Å². The predicted molar refractivity (Wildman–Crippen MR) is 132 cm³/mol. The summed E-state index contributed by atoms with van der Waals surface area (Å²) < 4.78 is 33.9. The number of hydrogen-bond donors (Lipinski definition) is 4. The molecule has 0 bridgehead atoms. The van der Waals surface area contributed by atoms with Crippen molar-refractivity contribution >= 4 is 45.0 Å². The molecule has 0 saturated carbocycles. The summed E-state index contributed by atoms with van der Waals surface area (Å²) in [6.07, 6.45) is 1.51. The summed E-state index contributed by atoms with van der Waals surface area (Å²) in [7, 11) is -1.89. The number of halogens is 1. The number of rotatable bonds is 10. The largest absolute Gasteiger partial charge is 0.496 e. The lowest BCUT2D eigenvalue weighted by atomic mass is 10.1. The average molecular weight is 491 g/mol. The first-order valence-electron chi connectivity index (χ1n) is 10.3. The predicted octanol–water partition coefficient (Wildman–Crippen LogP) is 4.19. The van der Waals surface area contributed by atoms with E-state index in [1.807, 2.05) is 50.2 Å². The van der Waals surface area contributed by atoms with Crippen LogP contribution in [0.2, 0.25) is 5.02 Å². The molecule has 3 aromatic rings. The Balaban J connectivity index is 1.75. The molecule has 0 saturated heterocycles. The Bertz CT molecular complexity index is 1210. The van der Waals surface area contributed by atoms with Crippen molar-refractivity contribution in [3.8, 4) is 5.75 Å². The molecule has 0 amide bonds. The van der Waals surface area contributed by atoms with Crippen molar-refractivity contribution in [2.75, 3.05) is 24.3 Å². The van der Waals surface area contributed by atoms with Gasteiger partial charge in [-0.3, -0.25) is 0 Å². The minimum Gasteiger partial charge on any atom is -0.496 e. The van der Waals surface area contributed by atoms with Crippen LogP contribution >= 0.6 is 11.6 Å². The molecule has 2 aromatic carbocycles. The van der Waals surface area contributed by atoms with E-state index >= 15 is 0 Å². The van der Waals surface area contributed by atoms with Crippen LogP contribution in [0.4, 0.5) is 23.1 Å². The second-order valence-electron chi connectivity index (χ2n) is 7.31. The van der Waals surface area contributed by atoms with Crippen molar-refractivity contribution in [2.24, 2.45) is 0 Å². The van der Waals surface area contributed by atoms with E-state index in [2.05, 4.69) is 30.0 Å². The van der Waals surface area contributed by atoms with Gasteiger partial charge in [-0.05, 0) is 54.8 Å². The molecule has 1 aromatic heterocycles. The summed E-state index contributed by atoms with van der Waals surface area (Å²) in [6, 6.07) is 11.2. The van der Waals surface area contributed by atoms with E-state index in [0.29, 0.717) is 29.0 Å². The minimum atomic E-state index is -3.53. The van der Waals surface area contributed by atoms with E-state index in [-0.39, 0.29) is 6.54 Å². The topological polar surface area (TPSA) is 117 Å². The van der Waals surface area contributed by atoms with Crippen molar-refractivity contribution in [3.05, 3.63) is 64.3 Å². The van der Waals surface area contributed by atoms with Crippen molar-refractivity contribution < 1.29 is 13.2 Å². The molecule has 0 radical (unpaired) electrons. The van der Waals surface area contributed by atoms with Crippen LogP contribution in [-0.4, -0.2) is 32.0 Å². The second-order valence-corrected chi connectivity index (χ2v) is 9.30. The molecule has 3 rings (SSSR count). The fourth-order valence-electron chi connectivity index (χ4n) is 3.30. The summed E-state index contributed by atoms with van der Waals surface area (Å²) in [5.41, 5.74) is 4.30. The number of benzene rings is 2. The maximum atomic E-state index is 11.8. The molecule has 0 fully saturated rings. The van der Waals surface area contributed by atoms with Gasteiger partial charge in [-0.15, -0.1) is 0 Å². The number of ether oxygens (including phenoxy) is 1. The van der Waals surface area contributed by atoms with Crippen LogP contribution in [0.1, 0.15) is 23.6 Å². The molecule has 33 heavy (non-hydrogen) atoms. The van der Waals surface area contributed by atoms with Crippen LogP contribution in [0.15, 0.2) is 42.6 Å². The molecular formula is C22H27ClN6O3S. The lowest BCUT2D eigenvalue weighted by Crippen LogP contribution is -2.35. The highest BCUT2D eigenvalue weighted by Crippen LogP contribution is 2.29. The molecule has 0 unspecified atom stereocenters. The molecule has 176 valence electrons. The Morgan fingerprint density at radius 1 is 1.03 bits per heavy atom. The zero-order valence-corrected chi connectivity index (χ0v) is 20.4. The van der Waals surface area contributed by atoms with Gasteiger partial charge in [-0.1, -0.05) is 30.7 Å². The standard InChI is InChI=1S/C22H27ClN6O3S/c1-5-25-33(30,31)26-12-16-7-6-8-17(11-16)27-21-19(23)13-24-22(29-21)28-18-9-14(2)20(32-4)15(3)10-18/h6-11,13,25-26H,5,12H2,1-4H3,(H2,24,27,28,29). The van der Waals surface area contributed by atoms with Crippen LogP contribution in [-0.2, 0) is 16.8 Å². The van der Waals surface area contributed by atoms with Crippen LogP contribution in [0.3, 0.4) is 0 Å². The highest BCUT2D eigenvalue weighted by Gasteiger charge is 2.11. The summed E-state index contributed by atoms with van der Waals surface area (Å²) in [4.78, 5) is 8.75. The maximum Gasteiger partial charge on any atom is 0.277 e. The first-order chi connectivity index (χ1) is 15.7. The summed E-state index contributed by atoms with van der Waals surface area (Å²) in [5.74, 6) is 1.63. The van der Waals surface area contributed by atoms with E-state index in [1.165, 1.54) is 6.20 Å². The number of nitrogens with zero attached hydrogens (tertiary/aromatic N) is 2. The average Bonchev–Trinajstić information content (AvgIpc) is 2.75. The Labute approximate surface area is 199 Å². The number of anilines is 4. The molecule has 11 heteroatoms. The van der Waals surface area contributed by atoms with Crippen molar-refractivity contribution in [3.63, 3.8) is 0 Å². The summed E-state index contributed by atoms with van der Waals surface area (Å²) in [5, 5.41) is 6.70. The Morgan fingerprint density at radius 3 is 2.42 bits per heavy atom. The first-order valence-corrected chi connectivity index (χ1v) is 12.1. The summed E-state index contributed by atoms with van der Waals surface area (Å²) >= 11 is 6.30. The molecule has 0 spiro atoms. The van der Waals surface area contributed by atoms with Gasteiger partial charge < -0.3 is 15.4 Å². The van der Waals surface area contributed by atoms with Gasteiger partial charge in [0.05, 0.1) is 13.3 Å². The minimum absolute atomic E-state index is 0.144. The molecule has 9 nitrogen and oxygen atoms in total. The smallest absolute Gasteiger partial charge is 0.277 e. The normalized spacial score (nSPS) is 11.3. The van der Waals surface area contributed by atoms with Crippen molar-refractivity contribution in [2.45, 2.75) is 27.3 Å². The molecule has 0 aliphatic heterocycles.